The summed E-state index contributed by atoms with van der Waals surface area (Å²) in [7, 11) is 5.56. The summed E-state index contributed by atoms with van der Waals surface area (Å²) in [5.74, 6) is -0.0714. The Balaban J connectivity index is 2.31. The van der Waals surface area contributed by atoms with Crippen LogP contribution >= 0.6 is 11.3 Å². The molecule has 2 rings (SSSR count). The van der Waals surface area contributed by atoms with Crippen LogP contribution < -0.4 is 10.2 Å². The van der Waals surface area contributed by atoms with E-state index in [1.165, 1.54) is 11.3 Å². The Labute approximate surface area is 177 Å². The van der Waals surface area contributed by atoms with Gasteiger partial charge < -0.3 is 19.9 Å². The number of benzene rings is 1. The van der Waals surface area contributed by atoms with Gasteiger partial charge in [0.1, 0.15) is 0 Å². The molecule has 0 aliphatic carbocycles. The van der Waals surface area contributed by atoms with Crippen molar-refractivity contribution in [3.63, 3.8) is 0 Å². The summed E-state index contributed by atoms with van der Waals surface area (Å²) in [5, 5.41) is 4.83. The molecule has 0 fully saturated rings. The number of carbonyl (C=O) groups is 2. The van der Waals surface area contributed by atoms with Crippen molar-refractivity contribution in [1.29, 1.82) is 0 Å². The summed E-state index contributed by atoms with van der Waals surface area (Å²) in [5.41, 5.74) is 2.19. The maximum Gasteiger partial charge on any atom is 0.265 e. The van der Waals surface area contributed by atoms with E-state index in [0.717, 1.165) is 11.3 Å². The monoisotopic (exact) mass is 417 g/mol. The molecular weight excluding hydrogens is 386 g/mol. The normalized spacial score (nSPS) is 11.2. The van der Waals surface area contributed by atoms with Gasteiger partial charge >= 0.3 is 0 Å². The van der Waals surface area contributed by atoms with Gasteiger partial charge in [0, 0.05) is 51.1 Å². The fourth-order valence-corrected chi connectivity index (χ4v) is 3.58. The Kier molecular flexibility index (Phi) is 7.81. The van der Waals surface area contributed by atoms with E-state index in [4.69, 9.17) is 4.74 Å². The molecule has 0 unspecified atom stereocenters. The van der Waals surface area contributed by atoms with Crippen molar-refractivity contribution in [2.45, 2.75) is 27.3 Å². The van der Waals surface area contributed by atoms with Gasteiger partial charge in [-0.05, 0) is 35.2 Å². The number of carbonyl (C=O) groups excluding carboxylic acids is 2. The SMILES string of the molecule is COCCN(Cc1cc(NC(=O)c2cccs2)ccc1N(C)C)C(=O)C(C)(C)C. The van der Waals surface area contributed by atoms with Gasteiger partial charge in [-0.15, -0.1) is 11.3 Å². The van der Waals surface area contributed by atoms with Crippen molar-refractivity contribution in [3.05, 3.63) is 46.2 Å². The van der Waals surface area contributed by atoms with Gasteiger partial charge in [-0.25, -0.2) is 0 Å². The van der Waals surface area contributed by atoms with Crippen LogP contribution in [0.4, 0.5) is 11.4 Å². The molecule has 1 aromatic heterocycles. The van der Waals surface area contributed by atoms with Crippen molar-refractivity contribution >= 4 is 34.5 Å². The lowest BCUT2D eigenvalue weighted by atomic mass is 9.94. The van der Waals surface area contributed by atoms with Crippen molar-refractivity contribution in [1.82, 2.24) is 4.90 Å². The van der Waals surface area contributed by atoms with Gasteiger partial charge in [-0.2, -0.15) is 0 Å². The van der Waals surface area contributed by atoms with Gasteiger partial charge in [0.25, 0.3) is 5.91 Å². The fourth-order valence-electron chi connectivity index (χ4n) is 2.96. The number of rotatable bonds is 8. The summed E-state index contributed by atoms with van der Waals surface area (Å²) < 4.78 is 5.21. The van der Waals surface area contributed by atoms with Crippen LogP contribution in [0.3, 0.4) is 0 Å². The van der Waals surface area contributed by atoms with Gasteiger partial charge in [0.05, 0.1) is 11.5 Å². The summed E-state index contributed by atoms with van der Waals surface area (Å²) in [6.07, 6.45) is 0. The predicted molar refractivity (Wildman–Crippen MR) is 120 cm³/mol. The molecule has 0 aliphatic rings. The summed E-state index contributed by atoms with van der Waals surface area (Å²) in [6, 6.07) is 9.44. The number of hydrogen-bond donors (Lipinski definition) is 1. The molecule has 1 aromatic carbocycles. The summed E-state index contributed by atoms with van der Waals surface area (Å²) in [4.78, 5) is 29.9. The first kappa shape index (κ1) is 22.9. The van der Waals surface area contributed by atoms with E-state index < -0.39 is 5.41 Å². The zero-order valence-electron chi connectivity index (χ0n) is 18.1. The van der Waals surface area contributed by atoms with E-state index >= 15 is 0 Å². The maximum absolute atomic E-state index is 13.0. The van der Waals surface area contributed by atoms with E-state index in [0.29, 0.717) is 30.3 Å². The van der Waals surface area contributed by atoms with Gasteiger partial charge in [-0.1, -0.05) is 26.8 Å². The van der Waals surface area contributed by atoms with Gasteiger partial charge in [0.15, 0.2) is 0 Å². The number of thiophene rings is 1. The van der Waals surface area contributed by atoms with Crippen LogP contribution in [0.1, 0.15) is 36.0 Å². The van der Waals surface area contributed by atoms with Crippen LogP contribution in [0.5, 0.6) is 0 Å². The largest absolute Gasteiger partial charge is 0.383 e. The number of nitrogens with zero attached hydrogens (tertiary/aromatic N) is 2. The second-order valence-electron chi connectivity index (χ2n) is 8.14. The molecule has 0 aliphatic heterocycles. The van der Waals surface area contributed by atoms with Crippen LogP contribution in [0, 0.1) is 5.41 Å². The Hall–Kier alpha value is -2.38. The zero-order valence-corrected chi connectivity index (χ0v) is 18.9. The minimum absolute atomic E-state index is 0.0623. The number of hydrogen-bond acceptors (Lipinski definition) is 5. The van der Waals surface area contributed by atoms with E-state index in [9.17, 15) is 9.59 Å². The molecule has 0 saturated heterocycles. The van der Waals surface area contributed by atoms with Crippen LogP contribution in [-0.2, 0) is 16.1 Å². The molecule has 29 heavy (non-hydrogen) atoms. The third-order valence-corrected chi connectivity index (χ3v) is 5.29. The van der Waals surface area contributed by atoms with Crippen molar-refractivity contribution in [2.24, 2.45) is 5.41 Å². The van der Waals surface area contributed by atoms with Crippen LogP contribution in [0.25, 0.3) is 0 Å². The molecule has 6 nitrogen and oxygen atoms in total. The van der Waals surface area contributed by atoms with E-state index in [1.54, 1.807) is 13.2 Å². The maximum atomic E-state index is 13.0. The Morgan fingerprint density at radius 2 is 1.90 bits per heavy atom. The average Bonchev–Trinajstić information content (AvgIpc) is 3.18. The number of nitrogens with one attached hydrogen (secondary N) is 1. The minimum atomic E-state index is -0.489. The molecule has 2 amide bonds. The topological polar surface area (TPSA) is 61.9 Å². The molecule has 0 spiro atoms. The third-order valence-electron chi connectivity index (χ3n) is 4.42. The molecule has 0 radical (unpaired) electrons. The highest BCUT2D eigenvalue weighted by Crippen LogP contribution is 2.27. The zero-order chi connectivity index (χ0) is 21.6. The standard InChI is InChI=1S/C22H31N3O3S/c1-22(2,3)21(27)25(11-12-28-6)15-16-14-17(9-10-18(16)24(4)5)23-20(26)19-8-7-13-29-19/h7-10,13-14H,11-12,15H2,1-6H3,(H,23,26). The van der Waals surface area contributed by atoms with Crippen molar-refractivity contribution in [3.8, 4) is 0 Å². The number of amides is 2. The van der Waals surface area contributed by atoms with Crippen LogP contribution in [0.2, 0.25) is 0 Å². The van der Waals surface area contributed by atoms with Gasteiger partial charge in [-0.3, -0.25) is 9.59 Å². The number of ether oxygens (including phenoxy) is 1. The highest BCUT2D eigenvalue weighted by Gasteiger charge is 2.28. The highest BCUT2D eigenvalue weighted by atomic mass is 32.1. The first-order chi connectivity index (χ1) is 13.6. The highest BCUT2D eigenvalue weighted by molar-refractivity contribution is 7.12. The lowest BCUT2D eigenvalue weighted by Crippen LogP contribution is -2.41. The van der Waals surface area contributed by atoms with E-state index in [2.05, 4.69) is 5.32 Å². The molecule has 0 atom stereocenters. The Bertz CT molecular complexity index is 826. The number of methoxy groups -OCH3 is 1. The number of anilines is 2. The molecule has 0 bridgehead atoms. The van der Waals surface area contributed by atoms with Crippen molar-refractivity contribution in [2.75, 3.05) is 44.6 Å². The summed E-state index contributed by atoms with van der Waals surface area (Å²) in [6.45, 7) is 7.16. The molecular formula is C22H31N3O3S. The molecule has 7 heteroatoms. The first-order valence-electron chi connectivity index (χ1n) is 9.57. The quantitative estimate of drug-likeness (QED) is 0.703. The Morgan fingerprint density at radius 3 is 2.45 bits per heavy atom. The van der Waals surface area contributed by atoms with Crippen molar-refractivity contribution < 1.29 is 14.3 Å². The van der Waals surface area contributed by atoms with Crippen LogP contribution in [-0.4, -0.2) is 51.1 Å². The molecule has 158 valence electrons. The van der Waals surface area contributed by atoms with Crippen LogP contribution in [0.15, 0.2) is 35.7 Å². The molecule has 1 N–H and O–H groups in total. The molecule has 2 aromatic rings. The lowest BCUT2D eigenvalue weighted by molar-refractivity contribution is -0.140. The lowest BCUT2D eigenvalue weighted by Gasteiger charge is -2.31. The molecule has 1 heterocycles. The predicted octanol–water partition coefficient (Wildman–Crippen LogP) is 4.09. The van der Waals surface area contributed by atoms with Gasteiger partial charge in [0.2, 0.25) is 5.91 Å². The van der Waals surface area contributed by atoms with E-state index in [-0.39, 0.29) is 11.8 Å². The smallest absolute Gasteiger partial charge is 0.265 e. The first-order valence-corrected chi connectivity index (χ1v) is 10.4. The average molecular weight is 418 g/mol. The summed E-state index contributed by atoms with van der Waals surface area (Å²) >= 11 is 1.40. The third kappa shape index (κ3) is 6.30. The van der Waals surface area contributed by atoms with E-state index in [1.807, 2.05) is 74.3 Å². The second-order valence-corrected chi connectivity index (χ2v) is 9.09. The fraction of sp³-hybridized carbons (Fsp3) is 0.455. The second kappa shape index (κ2) is 9.89. The molecule has 0 saturated carbocycles. The Morgan fingerprint density at radius 1 is 1.17 bits per heavy atom. The minimum Gasteiger partial charge on any atom is -0.383 e.